The van der Waals surface area contributed by atoms with Crippen LogP contribution in [0.3, 0.4) is 0 Å². The molecule has 0 saturated carbocycles. The van der Waals surface area contributed by atoms with Crippen molar-refractivity contribution < 1.29 is 14.3 Å². The first-order valence-electron chi connectivity index (χ1n) is 14.5. The highest BCUT2D eigenvalue weighted by molar-refractivity contribution is 5.69. The molecule has 0 aliphatic carbocycles. The number of aliphatic imine (C=N–C) groups is 1. The van der Waals surface area contributed by atoms with Crippen molar-refractivity contribution in [2.45, 2.75) is 161 Å². The topological polar surface area (TPSA) is 55.7 Å². The Morgan fingerprint density at radius 2 is 0.970 bits per heavy atom. The highest BCUT2D eigenvalue weighted by atomic mass is 16.5. The summed E-state index contributed by atoms with van der Waals surface area (Å²) >= 11 is 0. The highest BCUT2D eigenvalue weighted by Crippen LogP contribution is 2.14. The lowest BCUT2D eigenvalue weighted by Crippen LogP contribution is -2.05. The molecule has 0 N–H and O–H groups in total. The largest absolute Gasteiger partial charge is 0.466 e. The number of isocyanates is 1. The van der Waals surface area contributed by atoms with Crippen molar-refractivity contribution in [2.24, 2.45) is 4.99 Å². The number of carbonyl (C=O) groups excluding carboxylic acids is 2. The molecule has 0 spiro atoms. The number of rotatable bonds is 27. The fourth-order valence-corrected chi connectivity index (χ4v) is 4.30. The summed E-state index contributed by atoms with van der Waals surface area (Å²) < 4.78 is 5.36. The van der Waals surface area contributed by atoms with Crippen molar-refractivity contribution in [1.29, 1.82) is 0 Å². The second kappa shape index (κ2) is 28.9. The van der Waals surface area contributed by atoms with Gasteiger partial charge in [-0.2, -0.15) is 0 Å². The van der Waals surface area contributed by atoms with E-state index in [0.29, 0.717) is 19.6 Å². The van der Waals surface area contributed by atoms with Crippen LogP contribution in [-0.2, 0) is 14.3 Å². The van der Waals surface area contributed by atoms with E-state index in [1.165, 1.54) is 109 Å². The zero-order chi connectivity index (χ0) is 24.1. The van der Waals surface area contributed by atoms with Gasteiger partial charge in [0, 0.05) is 6.42 Å². The maximum atomic E-state index is 11.8. The van der Waals surface area contributed by atoms with Crippen LogP contribution in [0.25, 0.3) is 0 Å². The third-order valence-electron chi connectivity index (χ3n) is 6.48. The summed E-state index contributed by atoms with van der Waals surface area (Å²) in [5.41, 5.74) is 0. The van der Waals surface area contributed by atoms with Crippen LogP contribution >= 0.6 is 0 Å². The van der Waals surface area contributed by atoms with E-state index >= 15 is 0 Å². The SMILES string of the molecule is CCCCCCCCCCCCCCCCCC(=O)OCCCCCCCCCCN=C=O. The minimum absolute atomic E-state index is 0.0114. The predicted molar refractivity (Wildman–Crippen MR) is 140 cm³/mol. The Morgan fingerprint density at radius 1 is 0.576 bits per heavy atom. The molecule has 0 fully saturated rings. The van der Waals surface area contributed by atoms with E-state index in [0.717, 1.165) is 38.5 Å². The van der Waals surface area contributed by atoms with Gasteiger partial charge in [-0.15, -0.1) is 0 Å². The Balaban J connectivity index is 3.15. The van der Waals surface area contributed by atoms with Gasteiger partial charge in [0.15, 0.2) is 0 Å². The van der Waals surface area contributed by atoms with Crippen LogP contribution in [0, 0.1) is 0 Å². The van der Waals surface area contributed by atoms with Crippen molar-refractivity contribution in [1.82, 2.24) is 0 Å². The summed E-state index contributed by atoms with van der Waals surface area (Å²) in [5, 5.41) is 0. The van der Waals surface area contributed by atoms with E-state index in [4.69, 9.17) is 4.74 Å². The Hall–Kier alpha value is -1.15. The zero-order valence-electron chi connectivity index (χ0n) is 22.1. The average molecular weight is 466 g/mol. The molecule has 0 rings (SSSR count). The number of hydrogen-bond donors (Lipinski definition) is 0. The van der Waals surface area contributed by atoms with Crippen LogP contribution < -0.4 is 0 Å². The molecule has 0 saturated heterocycles. The summed E-state index contributed by atoms with van der Waals surface area (Å²) in [6.45, 7) is 3.48. The van der Waals surface area contributed by atoms with Crippen molar-refractivity contribution >= 4 is 12.0 Å². The van der Waals surface area contributed by atoms with Crippen molar-refractivity contribution in [3.8, 4) is 0 Å². The van der Waals surface area contributed by atoms with Crippen LogP contribution in [0.2, 0.25) is 0 Å². The lowest BCUT2D eigenvalue weighted by atomic mass is 10.0. The van der Waals surface area contributed by atoms with Crippen LogP contribution in [-0.4, -0.2) is 25.2 Å². The van der Waals surface area contributed by atoms with Crippen molar-refractivity contribution in [2.75, 3.05) is 13.2 Å². The van der Waals surface area contributed by atoms with E-state index in [-0.39, 0.29) is 5.97 Å². The maximum absolute atomic E-state index is 11.8. The second-order valence-electron chi connectivity index (χ2n) is 9.72. The molecule has 0 bridgehead atoms. The summed E-state index contributed by atoms with van der Waals surface area (Å²) in [4.78, 5) is 25.3. The third-order valence-corrected chi connectivity index (χ3v) is 6.48. The van der Waals surface area contributed by atoms with Gasteiger partial charge in [-0.1, -0.05) is 135 Å². The van der Waals surface area contributed by atoms with E-state index in [9.17, 15) is 9.59 Å². The number of hydrogen-bond acceptors (Lipinski definition) is 4. The second-order valence-corrected chi connectivity index (χ2v) is 9.72. The van der Waals surface area contributed by atoms with Gasteiger partial charge < -0.3 is 4.74 Å². The van der Waals surface area contributed by atoms with Crippen LogP contribution in [0.4, 0.5) is 0 Å². The van der Waals surface area contributed by atoms with Crippen LogP contribution in [0.1, 0.15) is 161 Å². The molecule has 4 heteroatoms. The summed E-state index contributed by atoms with van der Waals surface area (Å²) in [7, 11) is 0. The van der Waals surface area contributed by atoms with E-state index in [1.807, 2.05) is 0 Å². The minimum atomic E-state index is -0.0114. The Bertz CT molecular complexity index is 446. The van der Waals surface area contributed by atoms with Gasteiger partial charge in [0.05, 0.1) is 13.2 Å². The molecule has 194 valence electrons. The van der Waals surface area contributed by atoms with Gasteiger partial charge in [-0.05, 0) is 19.3 Å². The minimum Gasteiger partial charge on any atom is -0.466 e. The Labute approximate surface area is 205 Å². The molecule has 33 heavy (non-hydrogen) atoms. The molecule has 4 nitrogen and oxygen atoms in total. The molecule has 0 aromatic rings. The van der Waals surface area contributed by atoms with E-state index < -0.39 is 0 Å². The number of esters is 1. The summed E-state index contributed by atoms with van der Waals surface area (Å²) in [6.07, 6.45) is 31.5. The molecule has 0 unspecified atom stereocenters. The number of ether oxygens (including phenoxy) is 1. The standard InChI is InChI=1S/C29H55NO3/c1-2-3-4-5-6-7-8-9-10-11-12-13-16-19-22-25-29(32)33-27-24-21-18-15-14-17-20-23-26-30-28-31/h2-27H2,1H3. The van der Waals surface area contributed by atoms with E-state index in [2.05, 4.69) is 11.9 Å². The molecule has 0 heterocycles. The normalized spacial score (nSPS) is 10.8. The average Bonchev–Trinajstić information content (AvgIpc) is 2.82. The van der Waals surface area contributed by atoms with Crippen molar-refractivity contribution in [3.05, 3.63) is 0 Å². The van der Waals surface area contributed by atoms with Gasteiger partial charge in [-0.3, -0.25) is 4.79 Å². The molecular formula is C29H55NO3. The third kappa shape index (κ3) is 28.8. The first kappa shape index (κ1) is 31.9. The van der Waals surface area contributed by atoms with Gasteiger partial charge in [0.1, 0.15) is 0 Å². The monoisotopic (exact) mass is 465 g/mol. The molecule has 0 aliphatic heterocycles. The van der Waals surface area contributed by atoms with Crippen LogP contribution in [0.5, 0.6) is 0 Å². The molecule has 0 atom stereocenters. The van der Waals surface area contributed by atoms with E-state index in [1.54, 1.807) is 6.08 Å². The Morgan fingerprint density at radius 3 is 1.42 bits per heavy atom. The highest BCUT2D eigenvalue weighted by Gasteiger charge is 2.02. The van der Waals surface area contributed by atoms with Crippen LogP contribution in [0.15, 0.2) is 4.99 Å². The molecule has 0 aromatic heterocycles. The predicted octanol–water partition coefficient (Wildman–Crippen LogP) is 9.25. The fourth-order valence-electron chi connectivity index (χ4n) is 4.30. The zero-order valence-corrected chi connectivity index (χ0v) is 22.1. The molecule has 0 radical (unpaired) electrons. The lowest BCUT2D eigenvalue weighted by molar-refractivity contribution is -0.143. The number of unbranched alkanes of at least 4 members (excludes halogenated alkanes) is 21. The smallest absolute Gasteiger partial charge is 0.305 e. The Kier molecular flexibility index (Phi) is 27.9. The number of nitrogens with zero attached hydrogens (tertiary/aromatic N) is 1. The quantitative estimate of drug-likeness (QED) is 0.0525. The summed E-state index contributed by atoms with van der Waals surface area (Å²) in [6, 6.07) is 0. The van der Waals surface area contributed by atoms with Crippen molar-refractivity contribution in [3.63, 3.8) is 0 Å². The van der Waals surface area contributed by atoms with Gasteiger partial charge in [0.25, 0.3) is 0 Å². The van der Waals surface area contributed by atoms with Gasteiger partial charge in [0.2, 0.25) is 6.08 Å². The fraction of sp³-hybridized carbons (Fsp3) is 0.931. The maximum Gasteiger partial charge on any atom is 0.305 e. The molecule has 0 aliphatic rings. The number of carbonyl (C=O) groups is 1. The lowest BCUT2D eigenvalue weighted by Gasteiger charge is -2.05. The van der Waals surface area contributed by atoms with Gasteiger partial charge in [-0.25, -0.2) is 9.79 Å². The summed E-state index contributed by atoms with van der Waals surface area (Å²) in [5.74, 6) is -0.0114. The molecular weight excluding hydrogens is 410 g/mol. The first-order chi connectivity index (χ1) is 16.3. The first-order valence-corrected chi connectivity index (χ1v) is 14.5. The molecule has 0 amide bonds. The van der Waals surface area contributed by atoms with Gasteiger partial charge >= 0.3 is 5.97 Å². The molecule has 0 aromatic carbocycles.